The van der Waals surface area contributed by atoms with E-state index in [1.807, 2.05) is 13.0 Å². The molecule has 0 heterocycles. The molecule has 0 fully saturated rings. The van der Waals surface area contributed by atoms with Crippen molar-refractivity contribution < 1.29 is 8.78 Å². The first-order valence-electron chi connectivity index (χ1n) is 5.91. The van der Waals surface area contributed by atoms with Crippen LogP contribution in [0.3, 0.4) is 0 Å². The van der Waals surface area contributed by atoms with E-state index >= 15 is 0 Å². The van der Waals surface area contributed by atoms with Crippen molar-refractivity contribution in [2.45, 2.75) is 13.0 Å². The van der Waals surface area contributed by atoms with Crippen LogP contribution in [0.25, 0.3) is 0 Å². The molecule has 0 spiro atoms. The van der Waals surface area contributed by atoms with E-state index in [4.69, 9.17) is 11.6 Å². The monoisotopic (exact) mass is 281 g/mol. The van der Waals surface area contributed by atoms with Crippen LogP contribution in [0.15, 0.2) is 36.4 Å². The summed E-state index contributed by atoms with van der Waals surface area (Å²) in [6.07, 6.45) is 0. The Hall–Kier alpha value is -1.45. The fourth-order valence-electron chi connectivity index (χ4n) is 2.20. The molecule has 0 radical (unpaired) electrons. The van der Waals surface area contributed by atoms with Crippen molar-refractivity contribution in [3.8, 4) is 0 Å². The second-order valence-electron chi connectivity index (χ2n) is 4.42. The van der Waals surface area contributed by atoms with Crippen molar-refractivity contribution in [3.63, 3.8) is 0 Å². The molecule has 1 unspecified atom stereocenters. The lowest BCUT2D eigenvalue weighted by molar-refractivity contribution is 0.522. The summed E-state index contributed by atoms with van der Waals surface area (Å²) in [5.41, 5.74) is 1.68. The molecule has 2 aromatic carbocycles. The molecule has 0 aliphatic carbocycles. The molecule has 2 aromatic rings. The van der Waals surface area contributed by atoms with Crippen molar-refractivity contribution in [1.29, 1.82) is 0 Å². The van der Waals surface area contributed by atoms with Crippen LogP contribution in [-0.2, 0) is 0 Å². The Balaban J connectivity index is 2.56. The molecule has 0 aliphatic heterocycles. The Bertz CT molecular complexity index is 558. The second-order valence-corrected chi connectivity index (χ2v) is 4.86. The maximum atomic E-state index is 13.9. The Labute approximate surface area is 116 Å². The molecule has 1 N–H and O–H groups in total. The van der Waals surface area contributed by atoms with Gasteiger partial charge in [0.15, 0.2) is 0 Å². The van der Waals surface area contributed by atoms with Crippen LogP contribution in [0, 0.1) is 18.6 Å². The molecule has 0 amide bonds. The van der Waals surface area contributed by atoms with Gasteiger partial charge in [-0.05, 0) is 49.4 Å². The maximum Gasteiger partial charge on any atom is 0.131 e. The number of nitrogens with one attached hydrogen (secondary N) is 1. The van der Waals surface area contributed by atoms with Gasteiger partial charge in [0.2, 0.25) is 0 Å². The number of benzene rings is 2. The van der Waals surface area contributed by atoms with Gasteiger partial charge in [0.25, 0.3) is 0 Å². The summed E-state index contributed by atoms with van der Waals surface area (Å²) in [5.74, 6) is -1.14. The fourth-order valence-corrected chi connectivity index (χ4v) is 2.49. The van der Waals surface area contributed by atoms with Crippen LogP contribution in [0.1, 0.15) is 22.7 Å². The first-order valence-corrected chi connectivity index (χ1v) is 6.29. The van der Waals surface area contributed by atoms with Crippen molar-refractivity contribution >= 4 is 11.6 Å². The van der Waals surface area contributed by atoms with E-state index < -0.39 is 17.7 Å². The largest absolute Gasteiger partial charge is 0.309 e. The molecule has 4 heteroatoms. The molecule has 0 aliphatic rings. The van der Waals surface area contributed by atoms with E-state index in [1.54, 1.807) is 19.2 Å². The first kappa shape index (κ1) is 14.0. The van der Waals surface area contributed by atoms with Crippen LogP contribution < -0.4 is 5.32 Å². The van der Waals surface area contributed by atoms with Crippen LogP contribution in [0.2, 0.25) is 5.02 Å². The maximum absolute atomic E-state index is 13.9. The molecule has 1 atom stereocenters. The van der Waals surface area contributed by atoms with Gasteiger partial charge in [-0.3, -0.25) is 0 Å². The van der Waals surface area contributed by atoms with Gasteiger partial charge < -0.3 is 5.32 Å². The number of hydrogen-bond donors (Lipinski definition) is 1. The van der Waals surface area contributed by atoms with E-state index in [2.05, 4.69) is 5.32 Å². The van der Waals surface area contributed by atoms with Crippen LogP contribution in [-0.4, -0.2) is 7.05 Å². The Kier molecular flexibility index (Phi) is 4.17. The number of hydrogen-bond acceptors (Lipinski definition) is 1. The summed E-state index contributed by atoms with van der Waals surface area (Å²) in [7, 11) is 1.66. The lowest BCUT2D eigenvalue weighted by atomic mass is 9.96. The highest BCUT2D eigenvalue weighted by molar-refractivity contribution is 6.30. The van der Waals surface area contributed by atoms with Gasteiger partial charge in [-0.1, -0.05) is 23.7 Å². The molecular formula is C15H14ClF2N. The van der Waals surface area contributed by atoms with E-state index in [-0.39, 0.29) is 5.56 Å². The summed E-state index contributed by atoms with van der Waals surface area (Å²) in [5, 5.41) is 3.48. The second kappa shape index (κ2) is 5.68. The zero-order valence-corrected chi connectivity index (χ0v) is 11.4. The van der Waals surface area contributed by atoms with Crippen LogP contribution in [0.5, 0.6) is 0 Å². The third-order valence-electron chi connectivity index (χ3n) is 2.97. The predicted molar refractivity (Wildman–Crippen MR) is 73.4 cm³/mol. The summed E-state index contributed by atoms with van der Waals surface area (Å²) >= 11 is 6.00. The molecule has 100 valence electrons. The van der Waals surface area contributed by atoms with E-state index in [9.17, 15) is 8.78 Å². The normalized spacial score (nSPS) is 12.5. The van der Waals surface area contributed by atoms with Crippen molar-refractivity contribution in [3.05, 3.63) is 69.7 Å². The standard InChI is InChI=1S/C15H14ClF2N/c1-9-6-10(8-11(16)7-9)15(19-2)14-12(17)4-3-5-13(14)18/h3-8,15,19H,1-2H3. The minimum Gasteiger partial charge on any atom is -0.309 e. The molecule has 0 saturated carbocycles. The zero-order valence-electron chi connectivity index (χ0n) is 10.7. The third kappa shape index (κ3) is 2.94. The average Bonchev–Trinajstić information content (AvgIpc) is 2.32. The molecule has 0 aromatic heterocycles. The van der Waals surface area contributed by atoms with E-state index in [0.717, 1.165) is 11.1 Å². The topological polar surface area (TPSA) is 12.0 Å². The highest BCUT2D eigenvalue weighted by Crippen LogP contribution is 2.29. The van der Waals surface area contributed by atoms with Crippen LogP contribution in [0.4, 0.5) is 8.78 Å². The van der Waals surface area contributed by atoms with Crippen molar-refractivity contribution in [2.75, 3.05) is 7.05 Å². The quantitative estimate of drug-likeness (QED) is 0.887. The smallest absolute Gasteiger partial charge is 0.131 e. The van der Waals surface area contributed by atoms with Gasteiger partial charge in [0, 0.05) is 10.6 Å². The zero-order chi connectivity index (χ0) is 14.0. The number of halogens is 3. The van der Waals surface area contributed by atoms with Gasteiger partial charge in [-0.25, -0.2) is 8.78 Å². The predicted octanol–water partition coefficient (Wildman–Crippen LogP) is 4.24. The Morgan fingerprint density at radius 3 is 2.26 bits per heavy atom. The summed E-state index contributed by atoms with van der Waals surface area (Å²) in [4.78, 5) is 0. The number of aryl methyl sites for hydroxylation is 1. The average molecular weight is 282 g/mol. The molecule has 1 nitrogen and oxygen atoms in total. The SMILES string of the molecule is CNC(c1cc(C)cc(Cl)c1)c1c(F)cccc1F. The van der Waals surface area contributed by atoms with Gasteiger partial charge in [0.05, 0.1) is 6.04 Å². The number of rotatable bonds is 3. The molecule has 0 bridgehead atoms. The summed E-state index contributed by atoms with van der Waals surface area (Å²) in [6.45, 7) is 1.89. The third-order valence-corrected chi connectivity index (χ3v) is 3.19. The van der Waals surface area contributed by atoms with Gasteiger partial charge in [-0.2, -0.15) is 0 Å². The van der Waals surface area contributed by atoms with Crippen molar-refractivity contribution in [2.24, 2.45) is 0 Å². The van der Waals surface area contributed by atoms with Gasteiger partial charge in [-0.15, -0.1) is 0 Å². The highest BCUT2D eigenvalue weighted by Gasteiger charge is 2.20. The fraction of sp³-hybridized carbons (Fsp3) is 0.200. The Morgan fingerprint density at radius 2 is 1.74 bits per heavy atom. The molecular weight excluding hydrogens is 268 g/mol. The molecule has 0 saturated heterocycles. The first-order chi connectivity index (χ1) is 9.02. The highest BCUT2D eigenvalue weighted by atomic mass is 35.5. The van der Waals surface area contributed by atoms with Crippen molar-refractivity contribution in [1.82, 2.24) is 5.32 Å². The van der Waals surface area contributed by atoms with Gasteiger partial charge in [0.1, 0.15) is 11.6 Å². The molecule has 2 rings (SSSR count). The summed E-state index contributed by atoms with van der Waals surface area (Å²) in [6, 6.07) is 8.65. The lowest BCUT2D eigenvalue weighted by Crippen LogP contribution is -2.20. The minimum atomic E-state index is -0.572. The molecule has 19 heavy (non-hydrogen) atoms. The Morgan fingerprint density at radius 1 is 1.11 bits per heavy atom. The minimum absolute atomic E-state index is 0.00617. The van der Waals surface area contributed by atoms with E-state index in [0.29, 0.717) is 5.02 Å². The van der Waals surface area contributed by atoms with E-state index in [1.165, 1.54) is 18.2 Å². The van der Waals surface area contributed by atoms with Gasteiger partial charge >= 0.3 is 0 Å². The summed E-state index contributed by atoms with van der Waals surface area (Å²) < 4.78 is 27.7. The lowest BCUT2D eigenvalue weighted by Gasteiger charge is -2.19. The van der Waals surface area contributed by atoms with Crippen LogP contribution >= 0.6 is 11.6 Å².